The van der Waals surface area contributed by atoms with Gasteiger partial charge in [0.2, 0.25) is 0 Å². The van der Waals surface area contributed by atoms with Gasteiger partial charge >= 0.3 is 0 Å². The molecule has 0 saturated heterocycles. The van der Waals surface area contributed by atoms with Gasteiger partial charge < -0.3 is 5.73 Å². The van der Waals surface area contributed by atoms with Crippen molar-refractivity contribution < 1.29 is 0 Å². The van der Waals surface area contributed by atoms with Gasteiger partial charge in [-0.1, -0.05) is 37.6 Å². The zero-order valence-electron chi connectivity index (χ0n) is 8.29. The monoisotopic (exact) mass is 199 g/mol. The fourth-order valence-electron chi connectivity index (χ4n) is 1.47. The maximum absolute atomic E-state index is 6.01. The average Bonchev–Trinajstić information content (AvgIpc) is 2.05. The maximum Gasteiger partial charge on any atom is 0.0297 e. The summed E-state index contributed by atoms with van der Waals surface area (Å²) in [6.45, 7) is 4.28. The minimum Gasteiger partial charge on any atom is -0.324 e. The van der Waals surface area contributed by atoms with E-state index in [1.54, 1.807) is 0 Å². The Labute approximate surface area is 86.7 Å². The van der Waals surface area contributed by atoms with Crippen LogP contribution in [0, 0.1) is 6.92 Å². The van der Waals surface area contributed by atoms with Crippen molar-refractivity contribution in [3.63, 3.8) is 0 Å². The molecule has 1 aromatic carbocycles. The van der Waals surface area contributed by atoms with Gasteiger partial charge in [-0.25, -0.2) is 0 Å². The van der Waals surface area contributed by atoms with E-state index >= 15 is 0 Å². The van der Waals surface area contributed by atoms with E-state index in [9.17, 15) is 0 Å². The molecule has 0 amide bonds. The fraction of sp³-hybridized carbons (Fsp3) is 0.455. The normalized spacial score (nSPS) is 11.9. The smallest absolute Gasteiger partial charge is 0.0297 e. The van der Waals surface area contributed by atoms with Gasteiger partial charge in [0, 0.05) is 6.04 Å². The number of benzene rings is 1. The summed E-state index contributed by atoms with van der Waals surface area (Å²) in [6.07, 6.45) is 2.22. The molecular weight excluding hydrogens is 182 g/mol. The third-order valence-electron chi connectivity index (χ3n) is 2.19. The molecule has 0 aromatic heterocycles. The first kappa shape index (κ1) is 12.5. The average molecular weight is 200 g/mol. The highest BCUT2D eigenvalue weighted by molar-refractivity contribution is 5.85. The largest absolute Gasteiger partial charge is 0.324 e. The van der Waals surface area contributed by atoms with Crippen LogP contribution in [0.4, 0.5) is 0 Å². The summed E-state index contributed by atoms with van der Waals surface area (Å²) in [4.78, 5) is 0. The topological polar surface area (TPSA) is 26.0 Å². The molecular formula is C11H18ClN. The van der Waals surface area contributed by atoms with Gasteiger partial charge in [0.1, 0.15) is 0 Å². The van der Waals surface area contributed by atoms with E-state index in [2.05, 4.69) is 38.1 Å². The van der Waals surface area contributed by atoms with Crippen molar-refractivity contribution in [3.05, 3.63) is 35.4 Å². The first-order valence-electron chi connectivity index (χ1n) is 4.56. The Bertz CT molecular complexity index is 248. The van der Waals surface area contributed by atoms with Crippen LogP contribution in [0.3, 0.4) is 0 Å². The van der Waals surface area contributed by atoms with Crippen molar-refractivity contribution in [1.29, 1.82) is 0 Å². The van der Waals surface area contributed by atoms with E-state index in [1.807, 2.05) is 0 Å². The van der Waals surface area contributed by atoms with Crippen LogP contribution in [0.5, 0.6) is 0 Å². The van der Waals surface area contributed by atoms with Crippen LogP contribution in [0.25, 0.3) is 0 Å². The summed E-state index contributed by atoms with van der Waals surface area (Å²) in [5, 5.41) is 0. The van der Waals surface area contributed by atoms with Crippen molar-refractivity contribution in [2.24, 2.45) is 5.73 Å². The molecule has 0 aliphatic carbocycles. The second-order valence-corrected chi connectivity index (χ2v) is 3.25. The van der Waals surface area contributed by atoms with Crippen molar-refractivity contribution in [2.75, 3.05) is 0 Å². The second kappa shape index (κ2) is 6.01. The summed E-state index contributed by atoms with van der Waals surface area (Å²) < 4.78 is 0. The second-order valence-electron chi connectivity index (χ2n) is 3.25. The van der Waals surface area contributed by atoms with Crippen LogP contribution in [0.15, 0.2) is 24.3 Å². The lowest BCUT2D eigenvalue weighted by Gasteiger charge is -2.12. The third kappa shape index (κ3) is 3.37. The molecule has 0 aliphatic heterocycles. The van der Waals surface area contributed by atoms with Gasteiger partial charge in [0.05, 0.1) is 0 Å². The molecule has 0 saturated carbocycles. The summed E-state index contributed by atoms with van der Waals surface area (Å²) in [7, 11) is 0. The molecule has 1 nitrogen and oxygen atoms in total. The quantitative estimate of drug-likeness (QED) is 0.795. The SMILES string of the molecule is CCC[C@@H](N)c1ccccc1C.Cl. The molecule has 0 unspecified atom stereocenters. The number of aryl methyl sites for hydroxylation is 1. The lowest BCUT2D eigenvalue weighted by Crippen LogP contribution is -2.10. The zero-order valence-corrected chi connectivity index (χ0v) is 9.10. The lowest BCUT2D eigenvalue weighted by atomic mass is 9.99. The van der Waals surface area contributed by atoms with E-state index < -0.39 is 0 Å². The first-order valence-corrected chi connectivity index (χ1v) is 4.56. The van der Waals surface area contributed by atoms with Crippen LogP contribution in [-0.2, 0) is 0 Å². The summed E-state index contributed by atoms with van der Waals surface area (Å²) in [6, 6.07) is 8.56. The molecule has 0 aliphatic rings. The lowest BCUT2D eigenvalue weighted by molar-refractivity contribution is 0.635. The molecule has 0 bridgehead atoms. The fourth-order valence-corrected chi connectivity index (χ4v) is 1.47. The summed E-state index contributed by atoms with van der Waals surface area (Å²) >= 11 is 0. The molecule has 0 spiro atoms. The minimum absolute atomic E-state index is 0. The Balaban J connectivity index is 0.00000144. The molecule has 0 radical (unpaired) electrons. The van der Waals surface area contributed by atoms with Gasteiger partial charge in [0.25, 0.3) is 0 Å². The predicted octanol–water partition coefficient (Wildman–Crippen LogP) is 3.22. The molecule has 1 rings (SSSR count). The molecule has 13 heavy (non-hydrogen) atoms. The number of hydrogen-bond donors (Lipinski definition) is 1. The van der Waals surface area contributed by atoms with E-state index in [1.165, 1.54) is 11.1 Å². The number of halogens is 1. The Morgan fingerprint density at radius 1 is 1.31 bits per heavy atom. The van der Waals surface area contributed by atoms with E-state index in [4.69, 9.17) is 5.73 Å². The molecule has 2 N–H and O–H groups in total. The summed E-state index contributed by atoms with van der Waals surface area (Å²) in [5.41, 5.74) is 8.60. The van der Waals surface area contributed by atoms with Crippen LogP contribution in [-0.4, -0.2) is 0 Å². The highest BCUT2D eigenvalue weighted by atomic mass is 35.5. The first-order chi connectivity index (χ1) is 5.75. The van der Waals surface area contributed by atoms with E-state index in [0.29, 0.717) is 0 Å². The third-order valence-corrected chi connectivity index (χ3v) is 2.19. The summed E-state index contributed by atoms with van der Waals surface area (Å²) in [5.74, 6) is 0. The Morgan fingerprint density at radius 3 is 2.46 bits per heavy atom. The van der Waals surface area contributed by atoms with E-state index in [0.717, 1.165) is 12.8 Å². The van der Waals surface area contributed by atoms with E-state index in [-0.39, 0.29) is 18.4 Å². The Morgan fingerprint density at radius 2 is 1.92 bits per heavy atom. The van der Waals surface area contributed by atoms with Crippen molar-refractivity contribution in [1.82, 2.24) is 0 Å². The number of rotatable bonds is 3. The van der Waals surface area contributed by atoms with Gasteiger partial charge in [0.15, 0.2) is 0 Å². The molecule has 74 valence electrons. The van der Waals surface area contributed by atoms with Gasteiger partial charge in [-0.3, -0.25) is 0 Å². The molecule has 1 atom stereocenters. The maximum atomic E-state index is 6.01. The van der Waals surface area contributed by atoms with Crippen LogP contribution < -0.4 is 5.73 Å². The molecule has 1 aromatic rings. The van der Waals surface area contributed by atoms with Crippen LogP contribution in [0.1, 0.15) is 36.9 Å². The van der Waals surface area contributed by atoms with Gasteiger partial charge in [-0.05, 0) is 24.5 Å². The predicted molar refractivity (Wildman–Crippen MR) is 60.3 cm³/mol. The standard InChI is InChI=1S/C11H17N.ClH/c1-3-6-11(12)10-8-5-4-7-9(10)2;/h4-5,7-8,11H,3,6,12H2,1-2H3;1H/t11-;/m1./s1. The van der Waals surface area contributed by atoms with Crippen LogP contribution >= 0.6 is 12.4 Å². The van der Waals surface area contributed by atoms with Crippen molar-refractivity contribution >= 4 is 12.4 Å². The van der Waals surface area contributed by atoms with Crippen molar-refractivity contribution in [2.45, 2.75) is 32.7 Å². The Kier molecular flexibility index (Phi) is 5.76. The van der Waals surface area contributed by atoms with Gasteiger partial charge in [-0.15, -0.1) is 12.4 Å². The molecule has 0 heterocycles. The molecule has 2 heteroatoms. The number of hydrogen-bond acceptors (Lipinski definition) is 1. The van der Waals surface area contributed by atoms with Crippen molar-refractivity contribution in [3.8, 4) is 0 Å². The number of nitrogens with two attached hydrogens (primary N) is 1. The highest BCUT2D eigenvalue weighted by Crippen LogP contribution is 2.18. The minimum atomic E-state index is 0. The van der Waals surface area contributed by atoms with Gasteiger partial charge in [-0.2, -0.15) is 0 Å². The zero-order chi connectivity index (χ0) is 8.97. The Hall–Kier alpha value is -0.530. The molecule has 0 fully saturated rings. The van der Waals surface area contributed by atoms with Crippen LogP contribution in [0.2, 0.25) is 0 Å². The highest BCUT2D eigenvalue weighted by Gasteiger charge is 2.05.